The van der Waals surface area contributed by atoms with Crippen LogP contribution in [0.2, 0.25) is 0 Å². The van der Waals surface area contributed by atoms with Gasteiger partial charge < -0.3 is 23.8 Å². The van der Waals surface area contributed by atoms with Crippen molar-refractivity contribution in [2.45, 2.75) is 24.4 Å². The van der Waals surface area contributed by atoms with E-state index in [0.29, 0.717) is 0 Å². The molecule has 0 spiro atoms. The maximum atomic E-state index is 7.60. The van der Waals surface area contributed by atoms with Crippen molar-refractivity contribution >= 4 is 22.5 Å². The summed E-state index contributed by atoms with van der Waals surface area (Å²) in [6, 6.07) is 43.3. The number of hydrogen-bond acceptors (Lipinski definition) is 5. The van der Waals surface area contributed by atoms with E-state index in [2.05, 4.69) is 121 Å². The van der Waals surface area contributed by atoms with E-state index in [0.717, 1.165) is 72.0 Å². The van der Waals surface area contributed by atoms with Crippen LogP contribution >= 0.6 is 0 Å². The van der Waals surface area contributed by atoms with E-state index in [9.17, 15) is 0 Å². The van der Waals surface area contributed by atoms with Crippen LogP contribution in [0.4, 0.5) is 5.69 Å². The Kier molecular flexibility index (Phi) is 7.63. The first-order valence-electron chi connectivity index (χ1n) is 17.8. The third-order valence-electron chi connectivity index (χ3n) is 11.2. The minimum atomic E-state index is -0.892. The van der Waals surface area contributed by atoms with Gasteiger partial charge in [-0.3, -0.25) is 0 Å². The summed E-state index contributed by atoms with van der Waals surface area (Å²) in [5.41, 5.74) is 9.79. The van der Waals surface area contributed by atoms with Crippen LogP contribution in [-0.4, -0.2) is 40.5 Å². The topological polar surface area (TPSA) is 40.2 Å². The van der Waals surface area contributed by atoms with Gasteiger partial charge in [-0.15, -0.1) is 0 Å². The molecule has 1 aliphatic carbocycles. The molecule has 5 nitrogen and oxygen atoms in total. The summed E-state index contributed by atoms with van der Waals surface area (Å²) >= 11 is 0. The van der Waals surface area contributed by atoms with Gasteiger partial charge in [0.05, 0.1) is 27.4 Å². The summed E-state index contributed by atoms with van der Waals surface area (Å²) in [7, 11) is 3.40. The average molecular weight is 672 g/mol. The highest BCUT2D eigenvalue weighted by Crippen LogP contribution is 2.59. The lowest BCUT2D eigenvalue weighted by atomic mass is 9.72. The van der Waals surface area contributed by atoms with E-state index in [-0.39, 0.29) is 5.41 Å². The highest BCUT2D eigenvalue weighted by Gasteiger charge is 2.46. The molecule has 1 saturated heterocycles. The molecule has 51 heavy (non-hydrogen) atoms. The molecule has 0 bridgehead atoms. The van der Waals surface area contributed by atoms with E-state index < -0.39 is 5.60 Å². The molecule has 0 radical (unpaired) electrons. The fourth-order valence-electron chi connectivity index (χ4n) is 8.66. The number of nitrogens with zero attached hydrogens (tertiary/aromatic N) is 1. The zero-order chi connectivity index (χ0) is 34.6. The summed E-state index contributed by atoms with van der Waals surface area (Å²) in [6.45, 7) is 5.64. The molecule has 6 aromatic rings. The van der Waals surface area contributed by atoms with Crippen LogP contribution in [0.5, 0.6) is 17.2 Å². The van der Waals surface area contributed by atoms with Crippen LogP contribution in [0.1, 0.15) is 40.3 Å². The van der Waals surface area contributed by atoms with Gasteiger partial charge in [-0.2, -0.15) is 0 Å². The molecular weight excluding hydrogens is 631 g/mol. The van der Waals surface area contributed by atoms with E-state index in [4.69, 9.17) is 18.9 Å². The van der Waals surface area contributed by atoms with Gasteiger partial charge in [0.2, 0.25) is 0 Å². The van der Waals surface area contributed by atoms with Gasteiger partial charge in [0, 0.05) is 46.3 Å². The van der Waals surface area contributed by atoms with Crippen LogP contribution in [-0.2, 0) is 22.2 Å². The van der Waals surface area contributed by atoms with Crippen molar-refractivity contribution in [2.24, 2.45) is 0 Å². The maximum Gasteiger partial charge on any atom is 0.178 e. The van der Waals surface area contributed by atoms with Crippen molar-refractivity contribution in [3.05, 3.63) is 161 Å². The Labute approximate surface area is 299 Å². The summed E-state index contributed by atoms with van der Waals surface area (Å²) in [4.78, 5) is 2.44. The number of ether oxygens (including phenoxy) is 4. The number of anilines is 1. The molecule has 1 fully saturated rings. The van der Waals surface area contributed by atoms with Gasteiger partial charge in [-0.05, 0) is 88.2 Å². The van der Waals surface area contributed by atoms with Crippen molar-refractivity contribution in [3.8, 4) is 28.4 Å². The average Bonchev–Trinajstić information content (AvgIpc) is 3.46. The Morgan fingerprint density at radius 1 is 0.706 bits per heavy atom. The van der Waals surface area contributed by atoms with Crippen LogP contribution in [0, 0.1) is 0 Å². The molecule has 254 valence electrons. The molecule has 5 heteroatoms. The summed E-state index contributed by atoms with van der Waals surface area (Å²) in [6.07, 6.45) is 5.45. The van der Waals surface area contributed by atoms with Gasteiger partial charge in [-0.1, -0.05) is 91.9 Å². The lowest BCUT2D eigenvalue weighted by Gasteiger charge is -2.39. The number of methoxy groups -OCH3 is 2. The van der Waals surface area contributed by atoms with Gasteiger partial charge >= 0.3 is 0 Å². The molecule has 3 aliphatic rings. The van der Waals surface area contributed by atoms with Crippen LogP contribution in [0.15, 0.2) is 127 Å². The minimum absolute atomic E-state index is 0.297. The molecule has 6 aromatic carbocycles. The van der Waals surface area contributed by atoms with Crippen molar-refractivity contribution < 1.29 is 18.9 Å². The lowest BCUT2D eigenvalue weighted by molar-refractivity contribution is 0.122. The molecule has 0 saturated carbocycles. The number of morpholine rings is 1. The lowest BCUT2D eigenvalue weighted by Crippen LogP contribution is -2.36. The first-order valence-corrected chi connectivity index (χ1v) is 17.8. The smallest absolute Gasteiger partial charge is 0.178 e. The van der Waals surface area contributed by atoms with Crippen molar-refractivity contribution in [2.75, 3.05) is 45.4 Å². The molecule has 1 unspecified atom stereocenters. The second kappa shape index (κ2) is 12.4. The molecular formula is C46H41NO4. The third-order valence-corrected chi connectivity index (χ3v) is 11.2. The van der Waals surface area contributed by atoms with Crippen LogP contribution in [0.3, 0.4) is 0 Å². The van der Waals surface area contributed by atoms with Crippen molar-refractivity contribution in [3.63, 3.8) is 0 Å². The number of rotatable bonds is 7. The molecule has 2 heterocycles. The van der Waals surface area contributed by atoms with Crippen LogP contribution < -0.4 is 19.1 Å². The molecule has 0 N–H and O–H groups in total. The van der Waals surface area contributed by atoms with Gasteiger partial charge in [0.25, 0.3) is 0 Å². The first kappa shape index (κ1) is 31.5. The van der Waals surface area contributed by atoms with E-state index >= 15 is 0 Å². The Hall–Kier alpha value is -5.52. The standard InChI is InChI=1S/C46H41NO4/c1-45(30-31-9-5-4-6-10-31)41-12-8-7-11-38(41)42-40-29-34(47-25-27-50-28-26-47)17-22-37(40)44-39(43(42)45)23-24-46(51-44,32-13-18-35(48-2)19-14-32)33-15-20-36(49-3)21-16-33/h4-24,29H,25-28,30H2,1-3H3. The van der Waals surface area contributed by atoms with Crippen molar-refractivity contribution in [1.29, 1.82) is 0 Å². The van der Waals surface area contributed by atoms with Gasteiger partial charge in [-0.25, -0.2) is 0 Å². The largest absolute Gasteiger partial charge is 0.497 e. The predicted octanol–water partition coefficient (Wildman–Crippen LogP) is 9.57. The monoisotopic (exact) mass is 671 g/mol. The fraction of sp³-hybridized carbons (Fsp3) is 0.217. The molecule has 9 rings (SSSR count). The molecule has 0 aromatic heterocycles. The molecule has 1 atom stereocenters. The number of benzene rings is 6. The Balaban J connectivity index is 1.33. The van der Waals surface area contributed by atoms with E-state index in [1.807, 2.05) is 24.3 Å². The molecule has 2 aliphatic heterocycles. The van der Waals surface area contributed by atoms with E-state index in [1.165, 1.54) is 38.9 Å². The van der Waals surface area contributed by atoms with Gasteiger partial charge in [0.1, 0.15) is 17.2 Å². The first-order chi connectivity index (χ1) is 25.0. The summed E-state index contributed by atoms with van der Waals surface area (Å²) in [5, 5.41) is 2.32. The Morgan fingerprint density at radius 2 is 1.35 bits per heavy atom. The Bertz CT molecular complexity index is 2220. The van der Waals surface area contributed by atoms with Crippen molar-refractivity contribution in [1.82, 2.24) is 0 Å². The highest BCUT2D eigenvalue weighted by molar-refractivity contribution is 6.09. The van der Waals surface area contributed by atoms with Gasteiger partial charge in [0.15, 0.2) is 5.60 Å². The number of fused-ring (bicyclic) bond motifs is 8. The second-order valence-electron chi connectivity index (χ2n) is 14.0. The maximum absolute atomic E-state index is 7.60. The summed E-state index contributed by atoms with van der Waals surface area (Å²) < 4.78 is 24.5. The zero-order valence-corrected chi connectivity index (χ0v) is 29.3. The predicted molar refractivity (Wildman–Crippen MR) is 205 cm³/mol. The highest BCUT2D eigenvalue weighted by atomic mass is 16.5. The SMILES string of the molecule is COc1ccc(C2(c3ccc(OC)cc3)C=Cc3c4c(c5cc(N6CCOCC6)ccc5c3O2)-c2ccccc2C4(C)Cc2ccccc2)cc1. The third kappa shape index (κ3) is 5.02. The second-order valence-corrected chi connectivity index (χ2v) is 14.0. The number of hydrogen-bond donors (Lipinski definition) is 0. The minimum Gasteiger partial charge on any atom is -0.497 e. The molecule has 0 amide bonds. The summed E-state index contributed by atoms with van der Waals surface area (Å²) in [5.74, 6) is 2.51. The van der Waals surface area contributed by atoms with E-state index in [1.54, 1.807) is 14.2 Å². The fourth-order valence-corrected chi connectivity index (χ4v) is 8.66. The Morgan fingerprint density at radius 3 is 2.02 bits per heavy atom. The zero-order valence-electron chi connectivity index (χ0n) is 29.3. The van der Waals surface area contributed by atoms with Crippen LogP contribution in [0.25, 0.3) is 28.0 Å². The normalized spacial score (nSPS) is 18.5. The quantitative estimate of drug-likeness (QED) is 0.169.